The molecule has 1 heterocycles. The van der Waals surface area contributed by atoms with Gasteiger partial charge in [-0.2, -0.15) is 0 Å². The second kappa shape index (κ2) is 3.69. The molecule has 1 aromatic rings. The van der Waals surface area contributed by atoms with Crippen LogP contribution in [-0.4, -0.2) is 6.29 Å². The van der Waals surface area contributed by atoms with Gasteiger partial charge in [-0.15, -0.1) is 11.3 Å². The molecule has 0 saturated heterocycles. The zero-order valence-electron chi connectivity index (χ0n) is 6.00. The number of hydrogen-bond donors (Lipinski definition) is 0. The Morgan fingerprint density at radius 1 is 1.73 bits per heavy atom. The second-order valence-corrected chi connectivity index (χ2v) is 3.42. The third-order valence-corrected chi connectivity index (χ3v) is 2.76. The summed E-state index contributed by atoms with van der Waals surface area (Å²) >= 11 is 7.38. The summed E-state index contributed by atoms with van der Waals surface area (Å²) in [6.07, 6.45) is 0.766. The Balaban J connectivity index is 3.02. The first-order valence-corrected chi connectivity index (χ1v) is 4.37. The van der Waals surface area contributed by atoms with E-state index < -0.39 is 0 Å². The zero-order valence-corrected chi connectivity index (χ0v) is 7.58. The number of aldehydes is 1. The van der Waals surface area contributed by atoms with Crippen LogP contribution in [-0.2, 0) is 4.79 Å². The van der Waals surface area contributed by atoms with Crippen LogP contribution in [0.25, 0.3) is 5.03 Å². The summed E-state index contributed by atoms with van der Waals surface area (Å²) in [6.45, 7) is 1.70. The molecule has 1 nitrogen and oxygen atoms in total. The van der Waals surface area contributed by atoms with E-state index in [1.807, 2.05) is 17.5 Å². The minimum absolute atomic E-state index is 0.551. The SMILES string of the molecule is C/C(C=O)=C(/Cl)c1cccs1. The monoisotopic (exact) mass is 186 g/mol. The maximum absolute atomic E-state index is 10.3. The Labute approximate surface area is 74.3 Å². The van der Waals surface area contributed by atoms with Gasteiger partial charge in [0.1, 0.15) is 6.29 Å². The molecule has 11 heavy (non-hydrogen) atoms. The fourth-order valence-corrected chi connectivity index (χ4v) is 1.62. The Morgan fingerprint density at radius 3 is 2.91 bits per heavy atom. The largest absolute Gasteiger partial charge is 0.298 e. The van der Waals surface area contributed by atoms with Crippen molar-refractivity contribution in [2.45, 2.75) is 6.92 Å². The molecule has 0 N–H and O–H groups in total. The Bertz CT molecular complexity index is 274. The molecule has 0 spiro atoms. The number of rotatable bonds is 2. The van der Waals surface area contributed by atoms with E-state index in [-0.39, 0.29) is 0 Å². The zero-order chi connectivity index (χ0) is 8.27. The highest BCUT2D eigenvalue weighted by Crippen LogP contribution is 2.25. The van der Waals surface area contributed by atoms with E-state index in [2.05, 4.69) is 0 Å². The highest BCUT2D eigenvalue weighted by molar-refractivity contribution is 7.12. The van der Waals surface area contributed by atoms with Crippen molar-refractivity contribution < 1.29 is 4.79 Å². The average Bonchev–Trinajstić information content (AvgIpc) is 2.53. The second-order valence-electron chi connectivity index (χ2n) is 2.09. The van der Waals surface area contributed by atoms with E-state index in [0.29, 0.717) is 10.6 Å². The summed E-state index contributed by atoms with van der Waals surface area (Å²) in [7, 11) is 0. The standard InChI is InChI=1S/C8H7ClOS/c1-6(5-10)8(9)7-3-2-4-11-7/h2-5H,1H3/b8-6-. The van der Waals surface area contributed by atoms with Crippen LogP contribution in [0.15, 0.2) is 23.1 Å². The fourth-order valence-electron chi connectivity index (χ4n) is 0.650. The number of allylic oxidation sites excluding steroid dienone is 1. The fraction of sp³-hybridized carbons (Fsp3) is 0.125. The molecule has 0 radical (unpaired) electrons. The Kier molecular flexibility index (Phi) is 2.85. The smallest absolute Gasteiger partial charge is 0.147 e. The van der Waals surface area contributed by atoms with Crippen LogP contribution >= 0.6 is 22.9 Å². The summed E-state index contributed by atoms with van der Waals surface area (Å²) in [5, 5.41) is 2.48. The third-order valence-electron chi connectivity index (χ3n) is 1.26. The van der Waals surface area contributed by atoms with Crippen LogP contribution in [0.4, 0.5) is 0 Å². The molecule has 0 aliphatic carbocycles. The average molecular weight is 187 g/mol. The van der Waals surface area contributed by atoms with E-state index in [1.54, 1.807) is 6.92 Å². The summed E-state index contributed by atoms with van der Waals surface area (Å²) in [5.74, 6) is 0. The van der Waals surface area contributed by atoms with Gasteiger partial charge in [0.25, 0.3) is 0 Å². The lowest BCUT2D eigenvalue weighted by Gasteiger charge is -1.93. The third kappa shape index (κ3) is 1.91. The van der Waals surface area contributed by atoms with Gasteiger partial charge < -0.3 is 0 Å². The van der Waals surface area contributed by atoms with Crippen molar-refractivity contribution in [3.8, 4) is 0 Å². The summed E-state index contributed by atoms with van der Waals surface area (Å²) in [6, 6.07) is 3.79. The first-order chi connectivity index (χ1) is 5.25. The van der Waals surface area contributed by atoms with Crippen molar-refractivity contribution in [3.05, 3.63) is 28.0 Å². The lowest BCUT2D eigenvalue weighted by atomic mass is 10.3. The van der Waals surface area contributed by atoms with E-state index in [1.165, 1.54) is 11.3 Å². The molecule has 0 saturated carbocycles. The molecule has 1 aromatic heterocycles. The van der Waals surface area contributed by atoms with Gasteiger partial charge >= 0.3 is 0 Å². The molecule has 1 rings (SSSR count). The topological polar surface area (TPSA) is 17.1 Å². The molecule has 58 valence electrons. The van der Waals surface area contributed by atoms with Crippen molar-refractivity contribution in [1.82, 2.24) is 0 Å². The van der Waals surface area contributed by atoms with Crippen LogP contribution in [0.1, 0.15) is 11.8 Å². The lowest BCUT2D eigenvalue weighted by molar-refractivity contribution is -0.104. The van der Waals surface area contributed by atoms with Crippen LogP contribution in [0.2, 0.25) is 0 Å². The molecule has 0 aliphatic rings. The molecule has 0 unspecified atom stereocenters. The van der Waals surface area contributed by atoms with Gasteiger partial charge in [-0.3, -0.25) is 4.79 Å². The van der Waals surface area contributed by atoms with Gasteiger partial charge in [-0.25, -0.2) is 0 Å². The molecule has 0 atom stereocenters. The van der Waals surface area contributed by atoms with Crippen molar-refractivity contribution in [2.24, 2.45) is 0 Å². The highest BCUT2D eigenvalue weighted by atomic mass is 35.5. The summed E-state index contributed by atoms with van der Waals surface area (Å²) < 4.78 is 0. The van der Waals surface area contributed by atoms with Gasteiger partial charge in [0, 0.05) is 10.5 Å². The van der Waals surface area contributed by atoms with Crippen LogP contribution in [0.5, 0.6) is 0 Å². The predicted octanol–water partition coefficient (Wildman–Crippen LogP) is 2.92. The van der Waals surface area contributed by atoms with E-state index in [9.17, 15) is 4.79 Å². The molecular weight excluding hydrogens is 180 g/mol. The Morgan fingerprint density at radius 2 is 2.45 bits per heavy atom. The van der Waals surface area contributed by atoms with Gasteiger partial charge in [-0.1, -0.05) is 17.7 Å². The van der Waals surface area contributed by atoms with Gasteiger partial charge in [0.2, 0.25) is 0 Å². The first-order valence-electron chi connectivity index (χ1n) is 3.11. The highest BCUT2D eigenvalue weighted by Gasteiger charge is 2.01. The molecule has 0 bridgehead atoms. The lowest BCUT2D eigenvalue weighted by Crippen LogP contribution is -1.79. The van der Waals surface area contributed by atoms with Crippen LogP contribution in [0.3, 0.4) is 0 Å². The number of thiophene rings is 1. The van der Waals surface area contributed by atoms with Crippen molar-refractivity contribution in [3.63, 3.8) is 0 Å². The van der Waals surface area contributed by atoms with Crippen molar-refractivity contribution >= 4 is 34.3 Å². The predicted molar refractivity (Wildman–Crippen MR) is 48.8 cm³/mol. The number of carbonyl (C=O) groups is 1. The number of hydrogen-bond acceptors (Lipinski definition) is 2. The minimum atomic E-state index is 0.551. The van der Waals surface area contributed by atoms with Crippen molar-refractivity contribution in [2.75, 3.05) is 0 Å². The summed E-state index contributed by atoms with van der Waals surface area (Å²) in [5.41, 5.74) is 0.578. The van der Waals surface area contributed by atoms with E-state index >= 15 is 0 Å². The van der Waals surface area contributed by atoms with Crippen LogP contribution < -0.4 is 0 Å². The van der Waals surface area contributed by atoms with Crippen LogP contribution in [0, 0.1) is 0 Å². The van der Waals surface area contributed by atoms with Gasteiger partial charge in [-0.05, 0) is 18.4 Å². The van der Waals surface area contributed by atoms with Gasteiger partial charge in [0.05, 0.1) is 5.03 Å². The minimum Gasteiger partial charge on any atom is -0.298 e. The van der Waals surface area contributed by atoms with E-state index in [0.717, 1.165) is 11.2 Å². The maximum atomic E-state index is 10.3. The maximum Gasteiger partial charge on any atom is 0.147 e. The summed E-state index contributed by atoms with van der Waals surface area (Å²) in [4.78, 5) is 11.2. The van der Waals surface area contributed by atoms with Crippen molar-refractivity contribution in [1.29, 1.82) is 0 Å². The normalized spacial score (nSPS) is 12.5. The molecule has 3 heteroatoms. The molecule has 0 aliphatic heterocycles. The van der Waals surface area contributed by atoms with Gasteiger partial charge in [0.15, 0.2) is 0 Å². The number of halogens is 1. The molecule has 0 amide bonds. The van der Waals surface area contributed by atoms with E-state index in [4.69, 9.17) is 11.6 Å². The molecular formula is C8H7ClOS. The molecule has 0 aromatic carbocycles. The first kappa shape index (κ1) is 8.50. The number of carbonyl (C=O) groups excluding carboxylic acids is 1. The quantitative estimate of drug-likeness (QED) is 0.513. The molecule has 0 fully saturated rings. The Hall–Kier alpha value is -0.600.